The lowest BCUT2D eigenvalue weighted by atomic mass is 9.96. The van der Waals surface area contributed by atoms with Crippen molar-refractivity contribution in [2.75, 3.05) is 17.8 Å². The number of nitrogens with one attached hydrogen (secondary N) is 1. The number of hydrogen-bond donors (Lipinski definition) is 2. The minimum absolute atomic E-state index is 0.0163. The first-order valence-electron chi connectivity index (χ1n) is 12.8. The highest BCUT2D eigenvalue weighted by Crippen LogP contribution is 2.32. The average molecular weight is 617 g/mol. The summed E-state index contributed by atoms with van der Waals surface area (Å²) in [6, 6.07) is 17.3. The quantitative estimate of drug-likeness (QED) is 0.278. The van der Waals surface area contributed by atoms with Gasteiger partial charge in [-0.3, -0.25) is 9.52 Å². The zero-order chi connectivity index (χ0) is 29.1. The first kappa shape index (κ1) is 28.9. The van der Waals surface area contributed by atoms with Crippen LogP contribution in [0.1, 0.15) is 40.8 Å². The Kier molecular flexibility index (Phi) is 8.50. The summed E-state index contributed by atoms with van der Waals surface area (Å²) in [6.07, 6.45) is 1.52. The Bertz CT molecular complexity index is 1680. The molecular formula is C28H27Cl2N5O5S. The van der Waals surface area contributed by atoms with Crippen molar-refractivity contribution in [1.82, 2.24) is 19.7 Å². The number of aliphatic hydroxyl groups is 1. The molecule has 41 heavy (non-hydrogen) atoms. The van der Waals surface area contributed by atoms with E-state index in [0.29, 0.717) is 46.3 Å². The van der Waals surface area contributed by atoms with Crippen LogP contribution in [0.5, 0.6) is 11.5 Å². The molecule has 10 nitrogen and oxygen atoms in total. The van der Waals surface area contributed by atoms with Crippen LogP contribution in [0.3, 0.4) is 0 Å². The number of carbonyl (C=O) groups is 1. The summed E-state index contributed by atoms with van der Waals surface area (Å²) in [7, 11) is -2.28. The van der Waals surface area contributed by atoms with Gasteiger partial charge in [0.15, 0.2) is 5.82 Å². The Morgan fingerprint density at radius 2 is 1.85 bits per heavy atom. The number of sulfonamides is 1. The van der Waals surface area contributed by atoms with E-state index in [9.17, 15) is 18.3 Å². The number of ether oxygens (including phenoxy) is 1. The van der Waals surface area contributed by atoms with Gasteiger partial charge in [0, 0.05) is 31.1 Å². The summed E-state index contributed by atoms with van der Waals surface area (Å²) in [4.78, 5) is 15.3. The van der Waals surface area contributed by atoms with Gasteiger partial charge in [-0.2, -0.15) is 0 Å². The summed E-state index contributed by atoms with van der Waals surface area (Å²) >= 11 is 12.4. The van der Waals surface area contributed by atoms with Crippen molar-refractivity contribution in [3.63, 3.8) is 0 Å². The molecular weight excluding hydrogens is 589 g/mol. The monoisotopic (exact) mass is 615 g/mol. The molecule has 2 heterocycles. The Morgan fingerprint density at radius 1 is 1.10 bits per heavy atom. The standard InChI is InChI=1S/C28H27Cl2N5O5S/c1-34-26(17-36)31-32-27(34)18-5-4-14-35(16-18)28(37)22-15-19(29)8-13-24(22)33-41(38,39)21-11-9-20(10-12-21)40-25-7-3-2-6-23(25)30/h2-3,6-13,15,18,33,36H,4-5,14,16-17H2,1H3/t18-/m0/s1. The largest absolute Gasteiger partial charge is 0.456 e. The summed E-state index contributed by atoms with van der Waals surface area (Å²) in [6.45, 7) is 0.621. The molecule has 1 aliphatic heterocycles. The average Bonchev–Trinajstić information content (AvgIpc) is 3.35. The summed E-state index contributed by atoms with van der Waals surface area (Å²) in [5, 5.41) is 18.4. The molecule has 1 aromatic heterocycles. The van der Waals surface area contributed by atoms with E-state index in [0.717, 1.165) is 12.8 Å². The molecule has 1 fully saturated rings. The van der Waals surface area contributed by atoms with E-state index in [1.807, 2.05) is 0 Å². The van der Waals surface area contributed by atoms with E-state index in [4.69, 9.17) is 27.9 Å². The van der Waals surface area contributed by atoms with E-state index >= 15 is 0 Å². The fourth-order valence-electron chi connectivity index (χ4n) is 4.74. The third-order valence-corrected chi connectivity index (χ3v) is 8.80. The van der Waals surface area contributed by atoms with Crippen LogP contribution >= 0.6 is 23.2 Å². The van der Waals surface area contributed by atoms with Gasteiger partial charge in [-0.25, -0.2) is 8.42 Å². The van der Waals surface area contributed by atoms with E-state index in [1.54, 1.807) is 40.8 Å². The molecule has 1 saturated heterocycles. The van der Waals surface area contributed by atoms with Crippen molar-refractivity contribution >= 4 is 44.8 Å². The van der Waals surface area contributed by atoms with Crippen LogP contribution in [-0.4, -0.2) is 52.2 Å². The number of anilines is 1. The molecule has 3 aromatic carbocycles. The number of aliphatic hydroxyl groups excluding tert-OH is 1. The molecule has 214 valence electrons. The van der Waals surface area contributed by atoms with Gasteiger partial charge in [0.2, 0.25) is 0 Å². The molecule has 5 rings (SSSR count). The molecule has 2 N–H and O–H groups in total. The smallest absolute Gasteiger partial charge is 0.261 e. The van der Waals surface area contributed by atoms with Gasteiger partial charge >= 0.3 is 0 Å². The second-order valence-corrected chi connectivity index (χ2v) is 12.1. The number of piperidine rings is 1. The molecule has 0 saturated carbocycles. The van der Waals surface area contributed by atoms with Crippen LogP contribution in [0, 0.1) is 0 Å². The molecule has 0 unspecified atom stereocenters. The molecule has 1 aliphatic rings. The third-order valence-electron chi connectivity index (χ3n) is 6.87. The van der Waals surface area contributed by atoms with E-state index in [1.165, 1.54) is 42.5 Å². The molecule has 13 heteroatoms. The predicted octanol–water partition coefficient (Wildman–Crippen LogP) is 5.23. The molecule has 1 atom stereocenters. The number of rotatable bonds is 8. The Morgan fingerprint density at radius 3 is 2.56 bits per heavy atom. The predicted molar refractivity (Wildman–Crippen MR) is 155 cm³/mol. The zero-order valence-electron chi connectivity index (χ0n) is 22.0. The van der Waals surface area contributed by atoms with E-state index in [-0.39, 0.29) is 34.6 Å². The number of carbonyl (C=O) groups excluding carboxylic acids is 1. The lowest BCUT2D eigenvalue weighted by Gasteiger charge is -2.32. The Balaban J connectivity index is 1.35. The Labute approximate surface area is 247 Å². The number of hydrogen-bond acceptors (Lipinski definition) is 7. The molecule has 4 aromatic rings. The first-order valence-corrected chi connectivity index (χ1v) is 15.0. The second kappa shape index (κ2) is 12.1. The van der Waals surface area contributed by atoms with Crippen molar-refractivity contribution in [1.29, 1.82) is 0 Å². The topological polar surface area (TPSA) is 127 Å². The second-order valence-electron chi connectivity index (χ2n) is 9.58. The lowest BCUT2D eigenvalue weighted by Crippen LogP contribution is -2.40. The van der Waals surface area contributed by atoms with Crippen LogP contribution < -0.4 is 9.46 Å². The van der Waals surface area contributed by atoms with Crippen LogP contribution in [0.2, 0.25) is 10.0 Å². The molecule has 0 aliphatic carbocycles. The van der Waals surface area contributed by atoms with Crippen molar-refractivity contribution in [2.24, 2.45) is 7.05 Å². The van der Waals surface area contributed by atoms with Gasteiger partial charge in [-0.15, -0.1) is 10.2 Å². The zero-order valence-corrected chi connectivity index (χ0v) is 24.3. The van der Waals surface area contributed by atoms with Crippen LogP contribution in [0.15, 0.2) is 71.6 Å². The summed E-state index contributed by atoms with van der Waals surface area (Å²) < 4.78 is 36.6. The van der Waals surface area contributed by atoms with Crippen LogP contribution in [0.25, 0.3) is 0 Å². The van der Waals surface area contributed by atoms with Crippen LogP contribution in [0.4, 0.5) is 5.69 Å². The lowest BCUT2D eigenvalue weighted by molar-refractivity contribution is 0.0704. The maximum atomic E-state index is 13.7. The number of para-hydroxylation sites is 1. The van der Waals surface area contributed by atoms with Crippen molar-refractivity contribution < 1.29 is 23.1 Å². The van der Waals surface area contributed by atoms with Crippen molar-refractivity contribution in [2.45, 2.75) is 30.3 Å². The highest BCUT2D eigenvalue weighted by Gasteiger charge is 2.30. The van der Waals surface area contributed by atoms with Gasteiger partial charge in [-0.05, 0) is 67.4 Å². The van der Waals surface area contributed by atoms with E-state index in [2.05, 4.69) is 14.9 Å². The maximum Gasteiger partial charge on any atom is 0.261 e. The molecule has 1 amide bonds. The Hall–Kier alpha value is -3.64. The number of likely N-dealkylation sites (tertiary alicyclic amines) is 1. The summed E-state index contributed by atoms with van der Waals surface area (Å²) in [5.41, 5.74) is 0.244. The van der Waals surface area contributed by atoms with Gasteiger partial charge in [0.25, 0.3) is 15.9 Å². The first-order chi connectivity index (χ1) is 19.7. The molecule has 0 spiro atoms. The highest BCUT2D eigenvalue weighted by atomic mass is 35.5. The van der Waals surface area contributed by atoms with Gasteiger partial charge < -0.3 is 19.3 Å². The van der Waals surface area contributed by atoms with Gasteiger partial charge in [0.05, 0.1) is 21.2 Å². The fourth-order valence-corrected chi connectivity index (χ4v) is 6.16. The maximum absolute atomic E-state index is 13.7. The van der Waals surface area contributed by atoms with Crippen LogP contribution in [-0.2, 0) is 23.7 Å². The fraction of sp³-hybridized carbons (Fsp3) is 0.250. The summed E-state index contributed by atoms with van der Waals surface area (Å²) in [5.74, 6) is 1.53. The normalized spacial score (nSPS) is 15.5. The number of halogens is 2. The number of benzene rings is 3. The van der Waals surface area contributed by atoms with Crippen molar-refractivity contribution in [3.05, 3.63) is 94.0 Å². The van der Waals surface area contributed by atoms with Gasteiger partial charge in [0.1, 0.15) is 23.9 Å². The van der Waals surface area contributed by atoms with E-state index < -0.39 is 10.0 Å². The number of nitrogens with zero attached hydrogens (tertiary/aromatic N) is 4. The third kappa shape index (κ3) is 6.33. The molecule has 0 bridgehead atoms. The minimum Gasteiger partial charge on any atom is -0.456 e. The highest BCUT2D eigenvalue weighted by molar-refractivity contribution is 7.92. The van der Waals surface area contributed by atoms with Gasteiger partial charge in [-0.1, -0.05) is 35.3 Å². The minimum atomic E-state index is -4.06. The SMILES string of the molecule is Cn1c(CO)nnc1[C@H]1CCCN(C(=O)c2cc(Cl)ccc2NS(=O)(=O)c2ccc(Oc3ccccc3Cl)cc2)C1. The number of aromatic nitrogens is 3. The van der Waals surface area contributed by atoms with Crippen molar-refractivity contribution in [3.8, 4) is 11.5 Å². The molecule has 0 radical (unpaired) electrons. The number of amides is 1.